The van der Waals surface area contributed by atoms with Crippen molar-refractivity contribution in [1.29, 1.82) is 0 Å². The van der Waals surface area contributed by atoms with Gasteiger partial charge in [0, 0.05) is 25.7 Å². The van der Waals surface area contributed by atoms with Gasteiger partial charge in [-0.25, -0.2) is 9.13 Å². The summed E-state index contributed by atoms with van der Waals surface area (Å²) in [4.78, 5) is 72.8. The van der Waals surface area contributed by atoms with Crippen molar-refractivity contribution in [3.05, 3.63) is 0 Å². The average Bonchev–Trinajstić information content (AvgIpc) is 2.09. The molecule has 8 atom stereocenters. The largest absolute Gasteiger partial charge is 0.472 e. The molecule has 0 saturated heterocycles. The van der Waals surface area contributed by atoms with Crippen LogP contribution < -0.4 is 0 Å². The lowest BCUT2D eigenvalue weighted by atomic mass is 9.99. The first-order chi connectivity index (χ1) is 45.8. The first-order valence-electron chi connectivity index (χ1n) is 39.5. The molecule has 3 N–H and O–H groups in total. The van der Waals surface area contributed by atoms with Crippen LogP contribution in [0, 0.1) is 17.8 Å². The molecule has 0 radical (unpaired) electrons. The zero-order valence-electron chi connectivity index (χ0n) is 62.1. The maximum atomic E-state index is 13.1. The van der Waals surface area contributed by atoms with Gasteiger partial charge in [0.05, 0.1) is 26.4 Å². The summed E-state index contributed by atoms with van der Waals surface area (Å²) in [6.07, 6.45) is 52.8. The molecule has 0 rings (SSSR count). The number of unbranched alkanes of at least 4 members (excludes halogenated alkanes) is 39. The predicted molar refractivity (Wildman–Crippen MR) is 386 cm³/mol. The molecule has 564 valence electrons. The highest BCUT2D eigenvalue weighted by molar-refractivity contribution is 7.47. The Kier molecular flexibility index (Phi) is 65.2. The van der Waals surface area contributed by atoms with E-state index in [0.29, 0.717) is 25.7 Å². The van der Waals surface area contributed by atoms with Gasteiger partial charge in [0.1, 0.15) is 19.3 Å². The molecule has 0 saturated carbocycles. The Morgan fingerprint density at radius 1 is 0.295 bits per heavy atom. The minimum atomic E-state index is -4.96. The molecular weight excluding hydrogens is 1250 g/mol. The number of hydrogen-bond donors (Lipinski definition) is 3. The molecule has 0 aliphatic carbocycles. The van der Waals surface area contributed by atoms with Crippen molar-refractivity contribution in [2.75, 3.05) is 39.6 Å². The molecule has 0 amide bonds. The third-order valence-corrected chi connectivity index (χ3v) is 20.6. The third-order valence-electron chi connectivity index (χ3n) is 18.7. The Morgan fingerprint density at radius 2 is 0.505 bits per heavy atom. The van der Waals surface area contributed by atoms with E-state index < -0.39 is 97.5 Å². The topological polar surface area (TPSA) is 237 Å². The fourth-order valence-corrected chi connectivity index (χ4v) is 13.1. The second-order valence-electron chi connectivity index (χ2n) is 28.1. The molecule has 5 unspecified atom stereocenters. The van der Waals surface area contributed by atoms with Crippen LogP contribution >= 0.6 is 15.6 Å². The number of phosphoric acid groups is 2. The molecule has 0 heterocycles. The van der Waals surface area contributed by atoms with Crippen molar-refractivity contribution in [2.45, 2.75) is 407 Å². The number of hydrogen-bond acceptors (Lipinski definition) is 15. The van der Waals surface area contributed by atoms with Crippen molar-refractivity contribution in [3.63, 3.8) is 0 Å². The summed E-state index contributed by atoms with van der Waals surface area (Å²) in [5.41, 5.74) is 0. The normalized spacial score (nSPS) is 14.9. The fourth-order valence-electron chi connectivity index (χ4n) is 11.5. The van der Waals surface area contributed by atoms with E-state index in [1.54, 1.807) is 0 Å². The quantitative estimate of drug-likeness (QED) is 0.0222. The third kappa shape index (κ3) is 66.4. The monoisotopic (exact) mass is 1400 g/mol. The van der Waals surface area contributed by atoms with Gasteiger partial charge in [-0.2, -0.15) is 0 Å². The van der Waals surface area contributed by atoms with Gasteiger partial charge in [0.25, 0.3) is 0 Å². The second kappa shape index (κ2) is 66.6. The molecule has 0 aromatic heterocycles. The van der Waals surface area contributed by atoms with Crippen LogP contribution in [-0.2, 0) is 65.4 Å². The number of ether oxygens (including phenoxy) is 4. The average molecular weight is 1400 g/mol. The zero-order valence-corrected chi connectivity index (χ0v) is 63.9. The van der Waals surface area contributed by atoms with Gasteiger partial charge >= 0.3 is 39.5 Å². The van der Waals surface area contributed by atoms with Crippen LogP contribution in [0.3, 0.4) is 0 Å². The number of phosphoric ester groups is 2. The van der Waals surface area contributed by atoms with Gasteiger partial charge in [0.15, 0.2) is 12.2 Å². The van der Waals surface area contributed by atoms with Crippen molar-refractivity contribution in [1.82, 2.24) is 0 Å². The summed E-state index contributed by atoms with van der Waals surface area (Å²) in [6.45, 7) is 11.9. The molecule has 0 bridgehead atoms. The van der Waals surface area contributed by atoms with Crippen LogP contribution in [0.5, 0.6) is 0 Å². The Hall–Kier alpha value is -1.94. The van der Waals surface area contributed by atoms with Crippen LogP contribution in [0.25, 0.3) is 0 Å². The molecule has 0 aliphatic rings. The molecule has 0 aromatic rings. The van der Waals surface area contributed by atoms with Gasteiger partial charge in [-0.05, 0) is 43.4 Å². The van der Waals surface area contributed by atoms with Crippen LogP contribution in [-0.4, -0.2) is 96.7 Å². The summed E-state index contributed by atoms with van der Waals surface area (Å²) < 4.78 is 68.5. The van der Waals surface area contributed by atoms with Crippen molar-refractivity contribution < 1.29 is 80.2 Å². The van der Waals surface area contributed by atoms with Crippen LogP contribution in [0.4, 0.5) is 0 Å². The van der Waals surface area contributed by atoms with Gasteiger partial charge < -0.3 is 33.8 Å². The molecule has 17 nitrogen and oxygen atoms in total. The Morgan fingerprint density at radius 3 is 0.747 bits per heavy atom. The van der Waals surface area contributed by atoms with E-state index >= 15 is 0 Å². The van der Waals surface area contributed by atoms with E-state index in [1.165, 1.54) is 193 Å². The van der Waals surface area contributed by atoms with E-state index in [1.807, 2.05) is 0 Å². The highest BCUT2D eigenvalue weighted by atomic mass is 31.2. The molecule has 95 heavy (non-hydrogen) atoms. The van der Waals surface area contributed by atoms with E-state index in [4.69, 9.17) is 37.0 Å². The van der Waals surface area contributed by atoms with Crippen LogP contribution in [0.15, 0.2) is 0 Å². The van der Waals surface area contributed by atoms with E-state index in [0.717, 1.165) is 114 Å². The summed E-state index contributed by atoms with van der Waals surface area (Å²) in [7, 11) is -9.91. The van der Waals surface area contributed by atoms with Gasteiger partial charge in [-0.3, -0.25) is 37.3 Å². The van der Waals surface area contributed by atoms with Gasteiger partial charge in [0.2, 0.25) is 0 Å². The first kappa shape index (κ1) is 93.1. The highest BCUT2D eigenvalue weighted by Crippen LogP contribution is 2.45. The number of carbonyl (C=O) groups is 4. The lowest BCUT2D eigenvalue weighted by molar-refractivity contribution is -0.161. The lowest BCUT2D eigenvalue weighted by Gasteiger charge is -2.21. The van der Waals surface area contributed by atoms with Gasteiger partial charge in [-0.1, -0.05) is 337 Å². The van der Waals surface area contributed by atoms with Crippen LogP contribution in [0.1, 0.15) is 389 Å². The zero-order chi connectivity index (χ0) is 70.1. The minimum absolute atomic E-state index is 0.102. The maximum absolute atomic E-state index is 13.1. The predicted octanol–water partition coefficient (Wildman–Crippen LogP) is 22.2. The molecule has 0 fully saturated rings. The van der Waals surface area contributed by atoms with Crippen molar-refractivity contribution >= 4 is 39.5 Å². The van der Waals surface area contributed by atoms with Crippen LogP contribution in [0.2, 0.25) is 0 Å². The van der Waals surface area contributed by atoms with Gasteiger partial charge in [-0.15, -0.1) is 0 Å². The van der Waals surface area contributed by atoms with E-state index in [-0.39, 0.29) is 25.7 Å². The first-order valence-corrected chi connectivity index (χ1v) is 42.5. The molecule has 0 spiro atoms. The molecule has 0 aliphatic heterocycles. The van der Waals surface area contributed by atoms with Crippen molar-refractivity contribution in [2.24, 2.45) is 17.8 Å². The molecule has 19 heteroatoms. The summed E-state index contributed by atoms with van der Waals surface area (Å²) >= 11 is 0. The number of aliphatic hydroxyl groups excluding tert-OH is 1. The number of esters is 4. The summed E-state index contributed by atoms with van der Waals surface area (Å²) in [5.74, 6) is 0.175. The summed E-state index contributed by atoms with van der Waals surface area (Å²) in [5, 5.41) is 10.6. The number of aliphatic hydroxyl groups is 1. The van der Waals surface area contributed by atoms with Crippen molar-refractivity contribution in [3.8, 4) is 0 Å². The molecule has 0 aromatic carbocycles. The smallest absolute Gasteiger partial charge is 0.462 e. The highest BCUT2D eigenvalue weighted by Gasteiger charge is 2.30. The minimum Gasteiger partial charge on any atom is -0.462 e. The Bertz CT molecular complexity index is 1860. The standard InChI is InChI=1S/C76H148O17P2/c1-8-12-13-14-15-16-17-18-19-20-21-25-28-31-34-43-50-57-73(78)86-63-71(92-75(80)59-52-45-35-32-29-26-23-22-24-27-30-33-40-47-54-67(5)9-2)65-90-94(82,83)88-61-70(77)62-89-95(84,85)91-66-72(93-76(81)60-53-46-39-37-42-49-56-69(7)11-4)64-87-74(79)58-51-44-38-36-41-48-55-68(6)10-3/h67-72,77H,8-66H2,1-7H3,(H,82,83)(H,84,85)/t67?,68?,69?,70-,71-,72-/m1/s1. The lowest BCUT2D eigenvalue weighted by Crippen LogP contribution is -2.30. The van der Waals surface area contributed by atoms with E-state index in [9.17, 15) is 43.2 Å². The molecular formula is C76H148O17P2. The number of carbonyl (C=O) groups excluding carboxylic acids is 4. The summed E-state index contributed by atoms with van der Waals surface area (Å²) in [6, 6.07) is 0. The second-order valence-corrected chi connectivity index (χ2v) is 31.0. The maximum Gasteiger partial charge on any atom is 0.472 e. The number of rotatable bonds is 74. The van der Waals surface area contributed by atoms with E-state index in [2.05, 4.69) is 48.5 Å². The SMILES string of the molecule is CCCCCCCCCCCCCCCCCCCC(=O)OC[C@H](COP(=O)(O)OC[C@@H](O)COP(=O)(O)OC[C@@H](COC(=O)CCCCCCCCC(C)CC)OC(=O)CCCCCCCCC(C)CC)OC(=O)CCCCCCCCCCCCCCCCC(C)CC. The fraction of sp³-hybridized carbons (Fsp3) is 0.947. The Balaban J connectivity index is 5.23. The Labute approximate surface area is 581 Å².